The Hall–Kier alpha value is -1.96. The van der Waals surface area contributed by atoms with Gasteiger partial charge in [0, 0.05) is 30.6 Å². The van der Waals surface area contributed by atoms with E-state index in [1.165, 1.54) is 11.3 Å². The maximum absolute atomic E-state index is 5.93. The van der Waals surface area contributed by atoms with Crippen LogP contribution >= 0.6 is 11.3 Å². The molecule has 2 aromatic rings. The number of rotatable bonds is 7. The molecule has 1 aromatic carbocycles. The highest BCUT2D eigenvalue weighted by Crippen LogP contribution is 2.17. The molecule has 0 radical (unpaired) electrons. The molecule has 24 heavy (non-hydrogen) atoms. The largest absolute Gasteiger partial charge is 0.492 e. The van der Waals surface area contributed by atoms with Gasteiger partial charge in [-0.05, 0) is 19.1 Å². The Labute approximate surface area is 146 Å². The van der Waals surface area contributed by atoms with Gasteiger partial charge in [0.25, 0.3) is 0 Å². The number of morpholine rings is 1. The van der Waals surface area contributed by atoms with Gasteiger partial charge in [-0.15, -0.1) is 11.3 Å². The summed E-state index contributed by atoms with van der Waals surface area (Å²) in [7, 11) is 0. The van der Waals surface area contributed by atoms with E-state index in [2.05, 4.69) is 20.4 Å². The van der Waals surface area contributed by atoms with Gasteiger partial charge in [-0.25, -0.2) is 4.98 Å². The van der Waals surface area contributed by atoms with Gasteiger partial charge in [-0.2, -0.15) is 5.10 Å². The van der Waals surface area contributed by atoms with Gasteiger partial charge in [-0.3, -0.25) is 10.3 Å². The standard InChI is InChI=1S/C17H22N4O2S/c1-14-13-24-17(19-14)20-18-12-15-4-2-3-5-16(15)23-11-8-21-6-9-22-10-7-21/h2-5,12-13H,6-11H2,1H3,(H,19,20). The van der Waals surface area contributed by atoms with Crippen LogP contribution in [0.15, 0.2) is 34.7 Å². The van der Waals surface area contributed by atoms with E-state index in [1.807, 2.05) is 36.6 Å². The summed E-state index contributed by atoms with van der Waals surface area (Å²) in [6.07, 6.45) is 1.76. The van der Waals surface area contributed by atoms with Gasteiger partial charge in [0.2, 0.25) is 5.13 Å². The van der Waals surface area contributed by atoms with Crippen LogP contribution in [0.1, 0.15) is 11.3 Å². The Kier molecular flexibility index (Phi) is 6.17. The molecule has 0 saturated carbocycles. The fraction of sp³-hybridized carbons (Fsp3) is 0.412. The predicted molar refractivity (Wildman–Crippen MR) is 97.3 cm³/mol. The van der Waals surface area contributed by atoms with E-state index in [0.29, 0.717) is 6.61 Å². The molecule has 1 N–H and O–H groups in total. The summed E-state index contributed by atoms with van der Waals surface area (Å²) >= 11 is 1.54. The van der Waals surface area contributed by atoms with Crippen molar-refractivity contribution in [2.75, 3.05) is 44.9 Å². The quantitative estimate of drug-likeness (QED) is 0.617. The monoisotopic (exact) mass is 346 g/mol. The maximum Gasteiger partial charge on any atom is 0.203 e. The highest BCUT2D eigenvalue weighted by molar-refractivity contribution is 7.13. The molecule has 0 amide bonds. The summed E-state index contributed by atoms with van der Waals surface area (Å²) < 4.78 is 11.3. The molecule has 1 aromatic heterocycles. The van der Waals surface area contributed by atoms with Crippen LogP contribution in [0.3, 0.4) is 0 Å². The highest BCUT2D eigenvalue weighted by Gasteiger charge is 2.10. The number of ether oxygens (including phenoxy) is 2. The molecule has 128 valence electrons. The van der Waals surface area contributed by atoms with Crippen LogP contribution in [0.5, 0.6) is 5.75 Å². The second kappa shape index (κ2) is 8.77. The Bertz CT molecular complexity index is 668. The van der Waals surface area contributed by atoms with Crippen LogP contribution in [0, 0.1) is 6.92 Å². The second-order valence-corrected chi connectivity index (χ2v) is 6.36. The summed E-state index contributed by atoms with van der Waals surface area (Å²) in [4.78, 5) is 6.67. The number of hydrazone groups is 1. The number of nitrogens with zero attached hydrogens (tertiary/aromatic N) is 3. The lowest BCUT2D eigenvalue weighted by Gasteiger charge is -2.26. The topological polar surface area (TPSA) is 59.0 Å². The Balaban J connectivity index is 1.52. The van der Waals surface area contributed by atoms with Gasteiger partial charge in [0.15, 0.2) is 0 Å². The molecule has 0 atom stereocenters. The van der Waals surface area contributed by atoms with Crippen molar-refractivity contribution in [3.05, 3.63) is 40.9 Å². The van der Waals surface area contributed by atoms with Crippen molar-refractivity contribution in [3.63, 3.8) is 0 Å². The molecule has 7 heteroatoms. The van der Waals surface area contributed by atoms with Crippen molar-refractivity contribution in [3.8, 4) is 5.75 Å². The van der Waals surface area contributed by atoms with Crippen LogP contribution in [-0.4, -0.2) is 55.6 Å². The first-order chi connectivity index (χ1) is 11.8. The summed E-state index contributed by atoms with van der Waals surface area (Å²) in [6, 6.07) is 7.90. The molecular formula is C17H22N4O2S. The number of thiazole rings is 1. The van der Waals surface area contributed by atoms with Gasteiger partial charge in [0.1, 0.15) is 12.4 Å². The van der Waals surface area contributed by atoms with Crippen LogP contribution < -0.4 is 10.2 Å². The summed E-state index contributed by atoms with van der Waals surface area (Å²) in [5.41, 5.74) is 4.88. The maximum atomic E-state index is 5.93. The Morgan fingerprint density at radius 2 is 2.21 bits per heavy atom. The van der Waals surface area contributed by atoms with Gasteiger partial charge >= 0.3 is 0 Å². The average Bonchev–Trinajstić information content (AvgIpc) is 3.02. The molecule has 2 heterocycles. The molecule has 1 saturated heterocycles. The number of benzene rings is 1. The van der Waals surface area contributed by atoms with Crippen LogP contribution in [0.2, 0.25) is 0 Å². The number of aromatic nitrogens is 1. The minimum atomic E-state index is 0.657. The molecule has 1 aliphatic heterocycles. The number of hydrogen-bond donors (Lipinski definition) is 1. The Morgan fingerprint density at radius 3 is 3.00 bits per heavy atom. The molecule has 1 aliphatic rings. The van der Waals surface area contributed by atoms with Gasteiger partial charge < -0.3 is 9.47 Å². The first-order valence-corrected chi connectivity index (χ1v) is 8.92. The summed E-state index contributed by atoms with van der Waals surface area (Å²) in [6.45, 7) is 7.10. The molecule has 0 unspecified atom stereocenters. The third kappa shape index (κ3) is 5.02. The number of nitrogens with one attached hydrogen (secondary N) is 1. The lowest BCUT2D eigenvalue weighted by atomic mass is 10.2. The molecule has 6 nitrogen and oxygen atoms in total. The minimum absolute atomic E-state index is 0.657. The van der Waals surface area contributed by atoms with E-state index in [9.17, 15) is 0 Å². The smallest absolute Gasteiger partial charge is 0.203 e. The Morgan fingerprint density at radius 1 is 1.38 bits per heavy atom. The molecule has 0 bridgehead atoms. The van der Waals surface area contributed by atoms with Crippen molar-refractivity contribution in [2.24, 2.45) is 5.10 Å². The van der Waals surface area contributed by atoms with Crippen molar-refractivity contribution in [1.82, 2.24) is 9.88 Å². The van der Waals surface area contributed by atoms with Crippen LogP contribution in [0.4, 0.5) is 5.13 Å². The summed E-state index contributed by atoms with van der Waals surface area (Å²) in [5.74, 6) is 0.839. The molecular weight excluding hydrogens is 324 g/mol. The second-order valence-electron chi connectivity index (χ2n) is 5.50. The van der Waals surface area contributed by atoms with Crippen LogP contribution in [0.25, 0.3) is 0 Å². The molecule has 0 aliphatic carbocycles. The van der Waals surface area contributed by atoms with E-state index < -0.39 is 0 Å². The molecule has 3 rings (SSSR count). The number of anilines is 1. The number of aryl methyl sites for hydroxylation is 1. The fourth-order valence-corrected chi connectivity index (χ4v) is 3.03. The SMILES string of the molecule is Cc1csc(NN=Cc2ccccc2OCCN2CCOCC2)n1. The third-order valence-corrected chi connectivity index (χ3v) is 4.54. The van der Waals surface area contributed by atoms with Crippen molar-refractivity contribution in [1.29, 1.82) is 0 Å². The molecule has 1 fully saturated rings. The zero-order valence-electron chi connectivity index (χ0n) is 13.8. The van der Waals surface area contributed by atoms with E-state index >= 15 is 0 Å². The van der Waals surface area contributed by atoms with E-state index in [-0.39, 0.29) is 0 Å². The van der Waals surface area contributed by atoms with E-state index in [1.54, 1.807) is 6.21 Å². The van der Waals surface area contributed by atoms with Crippen LogP contribution in [-0.2, 0) is 4.74 Å². The normalized spacial score (nSPS) is 15.7. The lowest BCUT2D eigenvalue weighted by molar-refractivity contribution is 0.0322. The first-order valence-electron chi connectivity index (χ1n) is 8.04. The minimum Gasteiger partial charge on any atom is -0.492 e. The van der Waals surface area contributed by atoms with Gasteiger partial charge in [-0.1, -0.05) is 12.1 Å². The number of hydrogen-bond acceptors (Lipinski definition) is 7. The van der Waals surface area contributed by atoms with E-state index in [4.69, 9.17) is 9.47 Å². The van der Waals surface area contributed by atoms with Crippen molar-refractivity contribution < 1.29 is 9.47 Å². The average molecular weight is 346 g/mol. The first kappa shape index (κ1) is 16.9. The van der Waals surface area contributed by atoms with E-state index in [0.717, 1.165) is 55.0 Å². The highest BCUT2D eigenvalue weighted by atomic mass is 32.1. The third-order valence-electron chi connectivity index (χ3n) is 3.67. The fourth-order valence-electron chi connectivity index (χ4n) is 2.39. The lowest BCUT2D eigenvalue weighted by Crippen LogP contribution is -2.38. The molecule has 0 spiro atoms. The van der Waals surface area contributed by atoms with Gasteiger partial charge in [0.05, 0.1) is 25.1 Å². The van der Waals surface area contributed by atoms with Crippen molar-refractivity contribution >= 4 is 22.7 Å². The number of para-hydroxylation sites is 1. The zero-order valence-corrected chi connectivity index (χ0v) is 14.6. The summed E-state index contributed by atoms with van der Waals surface area (Å²) in [5, 5.41) is 7.02. The zero-order chi connectivity index (χ0) is 16.6. The van der Waals surface area contributed by atoms with Crippen molar-refractivity contribution in [2.45, 2.75) is 6.92 Å². The predicted octanol–water partition coefficient (Wildman–Crippen LogP) is 2.61.